The maximum absolute atomic E-state index is 12.4. The van der Waals surface area contributed by atoms with E-state index in [1.807, 2.05) is 10.8 Å². The van der Waals surface area contributed by atoms with Crippen LogP contribution >= 0.6 is 0 Å². The van der Waals surface area contributed by atoms with Gasteiger partial charge >= 0.3 is 0 Å². The van der Waals surface area contributed by atoms with Crippen LogP contribution in [0.2, 0.25) is 0 Å². The highest BCUT2D eigenvalue weighted by Gasteiger charge is 2.15. The van der Waals surface area contributed by atoms with Gasteiger partial charge in [0.15, 0.2) is 0 Å². The quantitative estimate of drug-likeness (QED) is 0.704. The van der Waals surface area contributed by atoms with Crippen molar-refractivity contribution in [1.29, 1.82) is 0 Å². The van der Waals surface area contributed by atoms with Crippen molar-refractivity contribution in [1.82, 2.24) is 19.4 Å². The Morgan fingerprint density at radius 3 is 2.69 bits per heavy atom. The zero-order valence-electron chi connectivity index (χ0n) is 16.1. The Hall–Kier alpha value is -2.56. The van der Waals surface area contributed by atoms with Crippen LogP contribution in [0, 0.1) is 0 Å². The smallest absolute Gasteiger partial charge is 0.240 e. The van der Waals surface area contributed by atoms with Gasteiger partial charge in [-0.1, -0.05) is 32.0 Å². The van der Waals surface area contributed by atoms with Crippen LogP contribution in [-0.4, -0.2) is 26.1 Å². The molecule has 0 aliphatic rings. The summed E-state index contributed by atoms with van der Waals surface area (Å²) in [5.41, 5.74) is 2.53. The molecule has 5 nitrogen and oxygen atoms in total. The van der Waals surface area contributed by atoms with Gasteiger partial charge in [-0.25, -0.2) is 4.98 Å². The summed E-state index contributed by atoms with van der Waals surface area (Å²) in [6.07, 6.45) is 6.65. The van der Waals surface area contributed by atoms with E-state index in [0.29, 0.717) is 12.5 Å². The highest BCUT2D eigenvalue weighted by molar-refractivity contribution is 5.84. The summed E-state index contributed by atoms with van der Waals surface area (Å²) < 4.78 is 4.19. The van der Waals surface area contributed by atoms with Crippen molar-refractivity contribution in [2.45, 2.75) is 59.2 Å². The molecule has 1 amide bonds. The first kappa shape index (κ1) is 18.2. The molecule has 0 saturated heterocycles. The van der Waals surface area contributed by atoms with Crippen molar-refractivity contribution in [2.75, 3.05) is 0 Å². The number of carbonyl (C=O) groups excluding carboxylic acids is 1. The maximum atomic E-state index is 12.4. The van der Waals surface area contributed by atoms with Gasteiger partial charge in [0.1, 0.15) is 12.4 Å². The molecule has 0 fully saturated rings. The third-order valence-electron chi connectivity index (χ3n) is 4.72. The summed E-state index contributed by atoms with van der Waals surface area (Å²) in [7, 11) is 0. The van der Waals surface area contributed by atoms with Gasteiger partial charge in [-0.3, -0.25) is 4.79 Å². The molecule has 5 heteroatoms. The largest absolute Gasteiger partial charge is 0.352 e. The van der Waals surface area contributed by atoms with Crippen LogP contribution in [0.3, 0.4) is 0 Å². The molecule has 0 spiro atoms. The number of amides is 1. The molecule has 0 aliphatic carbocycles. The van der Waals surface area contributed by atoms with Gasteiger partial charge in [0.2, 0.25) is 5.91 Å². The Bertz CT molecular complexity index is 890. The molecule has 26 heavy (non-hydrogen) atoms. The van der Waals surface area contributed by atoms with Crippen molar-refractivity contribution in [3.05, 3.63) is 54.2 Å². The Labute approximate surface area is 155 Å². The van der Waals surface area contributed by atoms with Crippen LogP contribution in [0.4, 0.5) is 0 Å². The molecule has 3 rings (SSSR count). The second-order valence-corrected chi connectivity index (χ2v) is 7.20. The number of nitrogens with zero attached hydrogens (tertiary/aromatic N) is 3. The molecular weight excluding hydrogens is 324 g/mol. The van der Waals surface area contributed by atoms with E-state index in [1.165, 1.54) is 16.5 Å². The third-order valence-corrected chi connectivity index (χ3v) is 4.72. The van der Waals surface area contributed by atoms with Crippen LogP contribution in [0.1, 0.15) is 45.0 Å². The molecule has 3 aromatic rings. The van der Waals surface area contributed by atoms with Crippen LogP contribution in [0.5, 0.6) is 0 Å². The lowest BCUT2D eigenvalue weighted by atomic mass is 10.1. The fraction of sp³-hybridized carbons (Fsp3) is 0.429. The molecule has 1 atom stereocenters. The van der Waals surface area contributed by atoms with E-state index in [1.54, 1.807) is 6.20 Å². The lowest BCUT2D eigenvalue weighted by Gasteiger charge is -2.15. The average Bonchev–Trinajstić information content (AvgIpc) is 3.19. The number of aryl methyl sites for hydroxylation is 1. The Morgan fingerprint density at radius 1 is 1.19 bits per heavy atom. The minimum absolute atomic E-state index is 0.0247. The second-order valence-electron chi connectivity index (χ2n) is 7.20. The fourth-order valence-corrected chi connectivity index (χ4v) is 3.56. The van der Waals surface area contributed by atoms with E-state index in [-0.39, 0.29) is 11.9 Å². The first-order valence-corrected chi connectivity index (χ1v) is 9.36. The summed E-state index contributed by atoms with van der Waals surface area (Å²) in [6.45, 7) is 9.65. The number of hydrogen-bond acceptors (Lipinski definition) is 2. The highest BCUT2D eigenvalue weighted by atomic mass is 16.2. The molecule has 1 aromatic carbocycles. The Balaban J connectivity index is 1.66. The van der Waals surface area contributed by atoms with Crippen molar-refractivity contribution in [3.8, 4) is 0 Å². The van der Waals surface area contributed by atoms with Gasteiger partial charge in [-0.2, -0.15) is 0 Å². The highest BCUT2D eigenvalue weighted by Crippen LogP contribution is 2.22. The maximum Gasteiger partial charge on any atom is 0.240 e. The van der Waals surface area contributed by atoms with E-state index < -0.39 is 0 Å². The van der Waals surface area contributed by atoms with Crippen molar-refractivity contribution < 1.29 is 4.79 Å². The van der Waals surface area contributed by atoms with Gasteiger partial charge in [0.25, 0.3) is 0 Å². The molecule has 2 heterocycles. The lowest BCUT2D eigenvalue weighted by molar-refractivity contribution is -0.122. The number of rotatable bonds is 7. The van der Waals surface area contributed by atoms with Gasteiger partial charge in [0.05, 0.1) is 0 Å². The molecule has 0 radical (unpaired) electrons. The number of fused-ring (bicyclic) bond motifs is 1. The normalized spacial score (nSPS) is 12.7. The molecule has 138 valence electrons. The SMILES string of the molecule is CCn1cc(C[C@H](C)NC(=O)Cn2ccnc2C(C)C)c2ccccc21. The number of benzene rings is 1. The fourth-order valence-electron chi connectivity index (χ4n) is 3.56. The van der Waals surface area contributed by atoms with Crippen molar-refractivity contribution in [2.24, 2.45) is 0 Å². The number of hydrogen-bond donors (Lipinski definition) is 1. The van der Waals surface area contributed by atoms with E-state index in [4.69, 9.17) is 0 Å². The molecule has 1 N–H and O–H groups in total. The summed E-state index contributed by atoms with van der Waals surface area (Å²) >= 11 is 0. The van der Waals surface area contributed by atoms with E-state index in [2.05, 4.69) is 73.0 Å². The summed E-state index contributed by atoms with van der Waals surface area (Å²) in [5, 5.41) is 4.40. The molecular formula is C21H28N4O. The summed E-state index contributed by atoms with van der Waals surface area (Å²) in [4.78, 5) is 16.8. The molecule has 2 aromatic heterocycles. The van der Waals surface area contributed by atoms with Gasteiger partial charge in [0, 0.05) is 48.0 Å². The monoisotopic (exact) mass is 352 g/mol. The van der Waals surface area contributed by atoms with E-state index in [0.717, 1.165) is 18.8 Å². The van der Waals surface area contributed by atoms with Gasteiger partial charge in [-0.15, -0.1) is 0 Å². The van der Waals surface area contributed by atoms with Gasteiger partial charge in [-0.05, 0) is 31.9 Å². The zero-order chi connectivity index (χ0) is 18.7. The van der Waals surface area contributed by atoms with Crippen LogP contribution in [0.15, 0.2) is 42.9 Å². The first-order valence-electron chi connectivity index (χ1n) is 9.36. The Kier molecular flexibility index (Phi) is 5.45. The summed E-state index contributed by atoms with van der Waals surface area (Å²) in [6, 6.07) is 8.52. The molecule has 0 saturated carbocycles. The Morgan fingerprint density at radius 2 is 1.96 bits per heavy atom. The first-order chi connectivity index (χ1) is 12.5. The lowest BCUT2D eigenvalue weighted by Crippen LogP contribution is -2.36. The predicted molar refractivity (Wildman–Crippen MR) is 105 cm³/mol. The van der Waals surface area contributed by atoms with E-state index in [9.17, 15) is 4.79 Å². The number of aromatic nitrogens is 3. The minimum atomic E-state index is 0.0247. The molecule has 0 unspecified atom stereocenters. The zero-order valence-corrected chi connectivity index (χ0v) is 16.1. The third kappa shape index (κ3) is 3.82. The number of nitrogens with one attached hydrogen (secondary N) is 1. The number of imidazole rings is 1. The number of carbonyl (C=O) groups is 1. The van der Waals surface area contributed by atoms with Gasteiger partial charge < -0.3 is 14.5 Å². The van der Waals surface area contributed by atoms with Crippen LogP contribution in [-0.2, 0) is 24.3 Å². The van der Waals surface area contributed by atoms with Crippen molar-refractivity contribution in [3.63, 3.8) is 0 Å². The topological polar surface area (TPSA) is 51.9 Å². The average molecular weight is 352 g/mol. The minimum Gasteiger partial charge on any atom is -0.352 e. The number of para-hydroxylation sites is 1. The second kappa shape index (κ2) is 7.77. The summed E-state index contributed by atoms with van der Waals surface area (Å²) in [5.74, 6) is 1.27. The van der Waals surface area contributed by atoms with Crippen LogP contribution < -0.4 is 5.32 Å². The molecule has 0 aliphatic heterocycles. The van der Waals surface area contributed by atoms with E-state index >= 15 is 0 Å². The van der Waals surface area contributed by atoms with Crippen LogP contribution in [0.25, 0.3) is 10.9 Å². The predicted octanol–water partition coefficient (Wildman–Crippen LogP) is 3.73. The standard InChI is InChI=1S/C21H28N4O/c1-5-24-13-17(18-8-6-7-9-19(18)24)12-16(4)23-20(26)14-25-11-10-22-21(25)15(2)3/h6-11,13,15-16H,5,12,14H2,1-4H3,(H,23,26)/t16-/m0/s1. The molecule has 0 bridgehead atoms. The van der Waals surface area contributed by atoms with Crippen molar-refractivity contribution >= 4 is 16.8 Å².